The van der Waals surface area contributed by atoms with Crippen molar-refractivity contribution in [1.82, 2.24) is 4.98 Å². The van der Waals surface area contributed by atoms with Crippen LogP contribution in [0.2, 0.25) is 0 Å². The second-order valence-corrected chi connectivity index (χ2v) is 3.16. The van der Waals surface area contributed by atoms with Crippen LogP contribution in [0.5, 0.6) is 0 Å². The second kappa shape index (κ2) is 4.08. The van der Waals surface area contributed by atoms with Gasteiger partial charge < -0.3 is 5.11 Å². The van der Waals surface area contributed by atoms with Crippen LogP contribution >= 0.6 is 22.6 Å². The van der Waals surface area contributed by atoms with Crippen LogP contribution < -0.4 is 0 Å². The van der Waals surface area contributed by atoms with Crippen LogP contribution in [0.15, 0.2) is 12.1 Å². The molecule has 0 atom stereocenters. The molecule has 0 saturated carbocycles. The third kappa shape index (κ3) is 2.10. The molecule has 0 amide bonds. The van der Waals surface area contributed by atoms with Gasteiger partial charge in [0.15, 0.2) is 0 Å². The number of nitrogens with zero attached hydrogens (tertiary/aromatic N) is 1. The highest BCUT2D eigenvalue weighted by Gasteiger charge is 2.12. The number of aliphatic hydroxyl groups is 1. The van der Waals surface area contributed by atoms with E-state index in [1.807, 2.05) is 0 Å². The molecule has 0 aliphatic carbocycles. The number of aromatic nitrogens is 1. The first-order valence-corrected chi connectivity index (χ1v) is 4.27. The summed E-state index contributed by atoms with van der Waals surface area (Å²) in [5.74, 6) is 0. The Morgan fingerprint density at radius 1 is 1.50 bits per heavy atom. The summed E-state index contributed by atoms with van der Waals surface area (Å²) in [6, 6.07) is 2.68. The number of hydrogen-bond donors (Lipinski definition) is 1. The van der Waals surface area contributed by atoms with Crippen molar-refractivity contribution in [2.24, 2.45) is 0 Å². The molecule has 0 aromatic carbocycles. The fourth-order valence-corrected chi connectivity index (χ4v) is 1.46. The van der Waals surface area contributed by atoms with E-state index in [1.54, 1.807) is 22.6 Å². The van der Waals surface area contributed by atoms with Crippen LogP contribution in [0, 0.1) is 3.70 Å². The molecule has 0 aliphatic heterocycles. The molecule has 1 N–H and O–H groups in total. The first-order chi connectivity index (χ1) is 5.65. The minimum Gasteiger partial charge on any atom is -0.390 e. The van der Waals surface area contributed by atoms with Gasteiger partial charge in [0.1, 0.15) is 3.70 Å². The van der Waals surface area contributed by atoms with Crippen molar-refractivity contribution in [2.75, 3.05) is 0 Å². The Morgan fingerprint density at radius 2 is 2.17 bits per heavy atom. The number of alkyl halides is 2. The lowest BCUT2D eigenvalue weighted by Gasteiger charge is -2.03. The molecule has 1 rings (SSSR count). The highest BCUT2D eigenvalue weighted by molar-refractivity contribution is 14.1. The summed E-state index contributed by atoms with van der Waals surface area (Å²) in [7, 11) is 0. The number of halogens is 3. The minimum atomic E-state index is -2.50. The Morgan fingerprint density at radius 3 is 2.58 bits per heavy atom. The molecule has 0 spiro atoms. The van der Waals surface area contributed by atoms with Gasteiger partial charge in [-0.05, 0) is 34.7 Å². The van der Waals surface area contributed by atoms with Crippen molar-refractivity contribution in [1.29, 1.82) is 0 Å². The largest absolute Gasteiger partial charge is 0.390 e. The fraction of sp³-hybridized carbons (Fsp3) is 0.286. The standard InChI is InChI=1S/C7H6F2INO/c8-6(9)5-2-1-4(3-12)11-7(5)10/h1-2,6,12H,3H2. The first-order valence-electron chi connectivity index (χ1n) is 3.19. The number of rotatable bonds is 2. The van der Waals surface area contributed by atoms with Gasteiger partial charge in [-0.15, -0.1) is 0 Å². The van der Waals surface area contributed by atoms with Crippen molar-refractivity contribution >= 4 is 22.6 Å². The molecule has 12 heavy (non-hydrogen) atoms. The Kier molecular flexibility index (Phi) is 3.33. The van der Waals surface area contributed by atoms with Crippen molar-refractivity contribution in [2.45, 2.75) is 13.0 Å². The fourth-order valence-electron chi connectivity index (χ4n) is 0.733. The van der Waals surface area contributed by atoms with E-state index >= 15 is 0 Å². The minimum absolute atomic E-state index is 0.0900. The zero-order valence-electron chi connectivity index (χ0n) is 5.97. The number of aliphatic hydroxyl groups excluding tert-OH is 1. The SMILES string of the molecule is OCc1ccc(C(F)F)c(I)n1. The zero-order chi connectivity index (χ0) is 9.14. The molecular weight excluding hydrogens is 279 g/mol. The van der Waals surface area contributed by atoms with E-state index in [2.05, 4.69) is 4.98 Å². The summed E-state index contributed by atoms with van der Waals surface area (Å²) in [4.78, 5) is 3.77. The van der Waals surface area contributed by atoms with Crippen molar-refractivity contribution in [3.8, 4) is 0 Å². The lowest BCUT2D eigenvalue weighted by Crippen LogP contribution is -1.97. The Bertz CT molecular complexity index is 280. The van der Waals surface area contributed by atoms with E-state index in [9.17, 15) is 8.78 Å². The number of hydrogen-bond acceptors (Lipinski definition) is 2. The zero-order valence-corrected chi connectivity index (χ0v) is 8.12. The quantitative estimate of drug-likeness (QED) is 0.667. The Balaban J connectivity index is 3.03. The Labute approximate surface area is 81.8 Å². The third-order valence-electron chi connectivity index (χ3n) is 1.33. The van der Waals surface area contributed by atoms with E-state index in [0.717, 1.165) is 0 Å². The molecule has 66 valence electrons. The van der Waals surface area contributed by atoms with E-state index in [0.29, 0.717) is 5.69 Å². The van der Waals surface area contributed by atoms with Gasteiger partial charge in [0, 0.05) is 5.56 Å². The maximum absolute atomic E-state index is 12.2. The molecule has 0 bridgehead atoms. The lowest BCUT2D eigenvalue weighted by atomic mass is 10.2. The highest BCUT2D eigenvalue weighted by atomic mass is 127. The molecule has 1 aromatic rings. The van der Waals surface area contributed by atoms with Crippen molar-refractivity contribution < 1.29 is 13.9 Å². The van der Waals surface area contributed by atoms with Crippen LogP contribution in [0.25, 0.3) is 0 Å². The monoisotopic (exact) mass is 285 g/mol. The van der Waals surface area contributed by atoms with Crippen LogP contribution in [0.1, 0.15) is 17.7 Å². The second-order valence-electron chi connectivity index (χ2n) is 2.14. The predicted octanol–water partition coefficient (Wildman–Crippen LogP) is 2.12. The summed E-state index contributed by atoms with van der Waals surface area (Å²) >= 11 is 1.72. The predicted molar refractivity (Wildman–Crippen MR) is 47.8 cm³/mol. The van der Waals surface area contributed by atoms with Crippen LogP contribution in [-0.2, 0) is 6.61 Å². The average Bonchev–Trinajstić information content (AvgIpc) is 2.03. The van der Waals surface area contributed by atoms with E-state index < -0.39 is 6.43 Å². The van der Waals surface area contributed by atoms with Gasteiger partial charge in [-0.25, -0.2) is 13.8 Å². The van der Waals surface area contributed by atoms with Gasteiger partial charge in [-0.1, -0.05) is 0 Å². The normalized spacial score (nSPS) is 10.8. The molecule has 0 fully saturated rings. The topological polar surface area (TPSA) is 33.1 Å². The van der Waals surface area contributed by atoms with Gasteiger partial charge in [0.25, 0.3) is 6.43 Å². The summed E-state index contributed by atoms with van der Waals surface area (Å²) in [6.45, 7) is -0.223. The van der Waals surface area contributed by atoms with Gasteiger partial charge in [-0.2, -0.15) is 0 Å². The third-order valence-corrected chi connectivity index (χ3v) is 2.20. The van der Waals surface area contributed by atoms with Crippen LogP contribution in [-0.4, -0.2) is 10.1 Å². The highest BCUT2D eigenvalue weighted by Crippen LogP contribution is 2.22. The van der Waals surface area contributed by atoms with Gasteiger partial charge in [-0.3, -0.25) is 0 Å². The maximum Gasteiger partial charge on any atom is 0.266 e. The van der Waals surface area contributed by atoms with Crippen molar-refractivity contribution in [3.63, 3.8) is 0 Å². The molecule has 2 nitrogen and oxygen atoms in total. The summed E-state index contributed by atoms with van der Waals surface area (Å²) in [5, 5.41) is 8.64. The molecule has 1 heterocycles. The molecule has 5 heteroatoms. The van der Waals surface area contributed by atoms with Crippen molar-refractivity contribution in [3.05, 3.63) is 27.1 Å². The average molecular weight is 285 g/mol. The van der Waals surface area contributed by atoms with Gasteiger partial charge >= 0.3 is 0 Å². The maximum atomic E-state index is 12.2. The van der Waals surface area contributed by atoms with E-state index in [1.165, 1.54) is 12.1 Å². The number of pyridine rings is 1. The first kappa shape index (κ1) is 9.79. The molecule has 0 unspecified atom stereocenters. The molecule has 0 saturated heterocycles. The molecule has 0 aliphatic rings. The molecule has 1 aromatic heterocycles. The Hall–Kier alpha value is -0.300. The smallest absolute Gasteiger partial charge is 0.266 e. The van der Waals surface area contributed by atoms with E-state index in [4.69, 9.17) is 5.11 Å². The molecule has 0 radical (unpaired) electrons. The van der Waals surface area contributed by atoms with Crippen LogP contribution in [0.3, 0.4) is 0 Å². The summed E-state index contributed by atoms with van der Waals surface area (Å²) < 4.78 is 24.6. The van der Waals surface area contributed by atoms with Crippen LogP contribution in [0.4, 0.5) is 8.78 Å². The summed E-state index contributed by atoms with van der Waals surface area (Å²) in [5.41, 5.74) is 0.316. The van der Waals surface area contributed by atoms with Gasteiger partial charge in [0.2, 0.25) is 0 Å². The van der Waals surface area contributed by atoms with Gasteiger partial charge in [0.05, 0.1) is 12.3 Å². The lowest BCUT2D eigenvalue weighted by molar-refractivity contribution is 0.149. The van der Waals surface area contributed by atoms with E-state index in [-0.39, 0.29) is 15.9 Å². The summed E-state index contributed by atoms with van der Waals surface area (Å²) in [6.07, 6.45) is -2.50. The molecular formula is C7H6F2INO.